The van der Waals surface area contributed by atoms with Gasteiger partial charge in [0.25, 0.3) is 5.91 Å². The molecular weight excluding hydrogens is 268 g/mol. The average molecular weight is 295 g/mol. The Balaban J connectivity index is 0.00000324. The van der Waals surface area contributed by atoms with Gasteiger partial charge in [-0.15, -0.1) is 12.4 Å². The molecule has 1 rings (SSSR count). The van der Waals surface area contributed by atoms with Gasteiger partial charge < -0.3 is 20.1 Å². The van der Waals surface area contributed by atoms with Gasteiger partial charge in [0.2, 0.25) is 0 Å². The lowest BCUT2D eigenvalue weighted by molar-refractivity contribution is -0.143. The highest BCUT2D eigenvalue weighted by Gasteiger charge is 2.32. The van der Waals surface area contributed by atoms with Gasteiger partial charge in [-0.3, -0.25) is 4.79 Å². The molecule has 6 heteroatoms. The van der Waals surface area contributed by atoms with E-state index in [9.17, 15) is 4.79 Å². The van der Waals surface area contributed by atoms with E-state index in [0.717, 1.165) is 19.4 Å². The number of hydrogen-bond donors (Lipinski definition) is 1. The van der Waals surface area contributed by atoms with E-state index in [0.29, 0.717) is 25.6 Å². The lowest BCUT2D eigenvalue weighted by Gasteiger charge is -2.27. The number of carbonyl (C=O) groups is 1. The molecule has 0 unspecified atom stereocenters. The molecule has 0 radical (unpaired) electrons. The molecule has 1 heterocycles. The summed E-state index contributed by atoms with van der Waals surface area (Å²) in [7, 11) is 1.65. The van der Waals surface area contributed by atoms with Gasteiger partial charge in [0.1, 0.15) is 6.10 Å². The summed E-state index contributed by atoms with van der Waals surface area (Å²) >= 11 is 0. The fourth-order valence-electron chi connectivity index (χ4n) is 2.20. The van der Waals surface area contributed by atoms with Crippen molar-refractivity contribution < 1.29 is 14.3 Å². The number of hydrogen-bond acceptors (Lipinski definition) is 4. The third-order valence-electron chi connectivity index (χ3n) is 3.11. The van der Waals surface area contributed by atoms with Crippen LogP contribution in [0.3, 0.4) is 0 Å². The van der Waals surface area contributed by atoms with Gasteiger partial charge in [0.05, 0.1) is 12.7 Å². The first-order valence-electron chi connectivity index (χ1n) is 6.71. The number of ether oxygens (including phenoxy) is 2. The Labute approximate surface area is 122 Å². The minimum Gasteiger partial charge on any atom is -0.383 e. The van der Waals surface area contributed by atoms with Crippen molar-refractivity contribution >= 4 is 18.3 Å². The van der Waals surface area contributed by atoms with Gasteiger partial charge in [-0.2, -0.15) is 0 Å². The van der Waals surface area contributed by atoms with E-state index in [1.807, 2.05) is 4.90 Å². The molecule has 19 heavy (non-hydrogen) atoms. The standard InChI is InChI=1S/C13H26N2O3.ClH/c1-10(2)9-15(6-7-17-3)13(16)12-5-4-11(8-14)18-12;/h10-12H,4-9,14H2,1-3H3;1H/t11-,12+;/m1./s1. The van der Waals surface area contributed by atoms with Crippen molar-refractivity contribution in [1.82, 2.24) is 4.90 Å². The zero-order valence-electron chi connectivity index (χ0n) is 12.1. The maximum absolute atomic E-state index is 12.4. The van der Waals surface area contributed by atoms with Crippen LogP contribution < -0.4 is 5.73 Å². The van der Waals surface area contributed by atoms with Gasteiger partial charge >= 0.3 is 0 Å². The van der Waals surface area contributed by atoms with E-state index < -0.39 is 0 Å². The van der Waals surface area contributed by atoms with Crippen LogP contribution in [0.4, 0.5) is 0 Å². The first kappa shape index (κ1) is 18.6. The van der Waals surface area contributed by atoms with Crippen molar-refractivity contribution in [1.29, 1.82) is 0 Å². The summed E-state index contributed by atoms with van der Waals surface area (Å²) in [6, 6.07) is 0. The fourth-order valence-corrected chi connectivity index (χ4v) is 2.20. The number of methoxy groups -OCH3 is 1. The second-order valence-electron chi connectivity index (χ2n) is 5.23. The number of amides is 1. The molecule has 2 N–H and O–H groups in total. The van der Waals surface area contributed by atoms with Gasteiger partial charge in [-0.1, -0.05) is 13.8 Å². The van der Waals surface area contributed by atoms with E-state index in [1.54, 1.807) is 7.11 Å². The SMILES string of the molecule is COCCN(CC(C)C)C(=O)[C@@H]1CC[C@H](CN)O1.Cl. The lowest BCUT2D eigenvalue weighted by atomic mass is 10.1. The van der Waals surface area contributed by atoms with E-state index >= 15 is 0 Å². The monoisotopic (exact) mass is 294 g/mol. The molecule has 0 aliphatic carbocycles. The fraction of sp³-hybridized carbons (Fsp3) is 0.923. The second kappa shape index (κ2) is 9.53. The highest BCUT2D eigenvalue weighted by molar-refractivity contribution is 5.85. The Morgan fingerprint density at radius 2 is 2.16 bits per heavy atom. The molecule has 0 bridgehead atoms. The zero-order chi connectivity index (χ0) is 13.5. The average Bonchev–Trinajstić information content (AvgIpc) is 2.81. The Bertz CT molecular complexity index is 264. The normalized spacial score (nSPS) is 22.4. The molecule has 2 atom stereocenters. The van der Waals surface area contributed by atoms with Crippen molar-refractivity contribution in [2.45, 2.75) is 38.9 Å². The van der Waals surface area contributed by atoms with E-state index in [-0.39, 0.29) is 30.5 Å². The summed E-state index contributed by atoms with van der Waals surface area (Å²) in [6.45, 7) is 6.63. The number of halogens is 1. The highest BCUT2D eigenvalue weighted by atomic mass is 35.5. The van der Waals surface area contributed by atoms with Crippen molar-refractivity contribution in [2.24, 2.45) is 11.7 Å². The van der Waals surface area contributed by atoms with E-state index in [4.69, 9.17) is 15.2 Å². The number of nitrogens with zero attached hydrogens (tertiary/aromatic N) is 1. The molecule has 0 saturated carbocycles. The molecule has 0 aromatic heterocycles. The molecule has 1 aliphatic heterocycles. The Kier molecular flexibility index (Phi) is 9.35. The third kappa shape index (κ3) is 6.08. The highest BCUT2D eigenvalue weighted by Crippen LogP contribution is 2.21. The van der Waals surface area contributed by atoms with Gasteiger partial charge in [-0.25, -0.2) is 0 Å². The first-order valence-corrected chi connectivity index (χ1v) is 6.71. The van der Waals surface area contributed by atoms with Crippen LogP contribution in [-0.4, -0.2) is 56.4 Å². The third-order valence-corrected chi connectivity index (χ3v) is 3.11. The summed E-state index contributed by atoms with van der Waals surface area (Å²) in [5.41, 5.74) is 5.56. The van der Waals surface area contributed by atoms with Crippen LogP contribution in [0, 0.1) is 5.92 Å². The molecule has 0 aromatic rings. The number of rotatable bonds is 7. The van der Waals surface area contributed by atoms with Crippen molar-refractivity contribution in [3.05, 3.63) is 0 Å². The molecule has 0 aromatic carbocycles. The predicted octanol–water partition coefficient (Wildman–Crippen LogP) is 1.05. The summed E-state index contributed by atoms with van der Waals surface area (Å²) in [5, 5.41) is 0. The Morgan fingerprint density at radius 3 is 2.63 bits per heavy atom. The summed E-state index contributed by atoms with van der Waals surface area (Å²) in [5.74, 6) is 0.522. The van der Waals surface area contributed by atoms with Crippen LogP contribution in [0.1, 0.15) is 26.7 Å². The first-order chi connectivity index (χ1) is 8.58. The minimum absolute atomic E-state index is 0. The topological polar surface area (TPSA) is 64.8 Å². The van der Waals surface area contributed by atoms with Crippen LogP contribution in [0.25, 0.3) is 0 Å². The molecular formula is C13H27ClN2O3. The zero-order valence-corrected chi connectivity index (χ0v) is 12.9. The second-order valence-corrected chi connectivity index (χ2v) is 5.23. The van der Waals surface area contributed by atoms with Crippen LogP contribution in [0.2, 0.25) is 0 Å². The molecule has 5 nitrogen and oxygen atoms in total. The molecule has 1 saturated heterocycles. The van der Waals surface area contributed by atoms with E-state index in [1.165, 1.54) is 0 Å². The summed E-state index contributed by atoms with van der Waals surface area (Å²) < 4.78 is 10.7. The quantitative estimate of drug-likeness (QED) is 0.762. The van der Waals surface area contributed by atoms with E-state index in [2.05, 4.69) is 13.8 Å². The number of nitrogens with two attached hydrogens (primary N) is 1. The molecule has 1 amide bonds. The smallest absolute Gasteiger partial charge is 0.251 e. The minimum atomic E-state index is -0.311. The lowest BCUT2D eigenvalue weighted by Crippen LogP contribution is -2.43. The molecule has 1 fully saturated rings. The van der Waals surface area contributed by atoms with Crippen molar-refractivity contribution in [2.75, 3.05) is 33.4 Å². The van der Waals surface area contributed by atoms with Crippen LogP contribution in [0.15, 0.2) is 0 Å². The Hall–Kier alpha value is -0.360. The Morgan fingerprint density at radius 1 is 1.47 bits per heavy atom. The maximum Gasteiger partial charge on any atom is 0.251 e. The van der Waals surface area contributed by atoms with Crippen molar-refractivity contribution in [3.8, 4) is 0 Å². The predicted molar refractivity (Wildman–Crippen MR) is 77.5 cm³/mol. The van der Waals surface area contributed by atoms with Crippen LogP contribution in [0.5, 0.6) is 0 Å². The van der Waals surface area contributed by atoms with Crippen LogP contribution >= 0.6 is 12.4 Å². The van der Waals surface area contributed by atoms with Gasteiger partial charge in [0, 0.05) is 26.7 Å². The summed E-state index contributed by atoms with van der Waals surface area (Å²) in [6.07, 6.45) is 1.39. The maximum atomic E-state index is 12.4. The van der Waals surface area contributed by atoms with Gasteiger partial charge in [-0.05, 0) is 18.8 Å². The molecule has 1 aliphatic rings. The number of carbonyl (C=O) groups excluding carboxylic acids is 1. The molecule has 0 spiro atoms. The largest absolute Gasteiger partial charge is 0.383 e. The summed E-state index contributed by atoms with van der Waals surface area (Å²) in [4.78, 5) is 14.2. The van der Waals surface area contributed by atoms with Crippen LogP contribution in [-0.2, 0) is 14.3 Å². The molecule has 114 valence electrons. The van der Waals surface area contributed by atoms with Gasteiger partial charge in [0.15, 0.2) is 0 Å². The van der Waals surface area contributed by atoms with Crippen molar-refractivity contribution in [3.63, 3.8) is 0 Å².